The van der Waals surface area contributed by atoms with E-state index in [2.05, 4.69) is 4.90 Å². The lowest BCUT2D eigenvalue weighted by molar-refractivity contribution is -0.145. The predicted octanol–water partition coefficient (Wildman–Crippen LogP) is 2.64. The van der Waals surface area contributed by atoms with Crippen molar-refractivity contribution in [3.05, 3.63) is 41.4 Å². The van der Waals surface area contributed by atoms with E-state index in [1.54, 1.807) is 31.2 Å². The molecular weight excluding hydrogens is 556 g/mol. The molecule has 3 aliphatic rings. The Morgan fingerprint density at radius 2 is 1.73 bits per heavy atom. The molecule has 0 bridgehead atoms. The van der Waals surface area contributed by atoms with Crippen LogP contribution in [0.15, 0.2) is 41.3 Å². The summed E-state index contributed by atoms with van der Waals surface area (Å²) < 4.78 is 28.2. The van der Waals surface area contributed by atoms with Crippen molar-refractivity contribution in [2.24, 2.45) is 0 Å². The van der Waals surface area contributed by atoms with E-state index in [0.29, 0.717) is 17.0 Å². The fourth-order valence-electron chi connectivity index (χ4n) is 6.28. The summed E-state index contributed by atoms with van der Waals surface area (Å²) in [4.78, 5) is 44.5. The number of fused-ring (bicyclic) bond motifs is 1. The third-order valence-electron chi connectivity index (χ3n) is 8.38. The Labute approximate surface area is 239 Å². The van der Waals surface area contributed by atoms with E-state index in [0.717, 1.165) is 42.2 Å². The number of likely N-dealkylation sites (tertiary alicyclic amines) is 3. The summed E-state index contributed by atoms with van der Waals surface area (Å²) in [6.45, 7) is 4.54. The van der Waals surface area contributed by atoms with Gasteiger partial charge in [-0.1, -0.05) is 23.7 Å². The molecular formula is C28H35ClN4O6S. The van der Waals surface area contributed by atoms with Gasteiger partial charge in [0.05, 0.1) is 4.90 Å². The molecule has 2 aromatic rings. The lowest BCUT2D eigenvalue weighted by Crippen LogP contribution is -2.53. The standard InChI is InChI=1S/C28H35ClN4O6S/c1-19(27(36)32-13-4-5-23(32)17-30-11-2-3-12-30)31-14-10-25(28(31)37)33(18-26(34)35)40(38,39)24-9-7-20-15-22(29)8-6-21(20)16-24/h6-9,15-16,19,23,25H,2-5,10-14,17-18H2,1H3,(H,34,35)/t19-,23-,25-/m0/s1. The van der Waals surface area contributed by atoms with Gasteiger partial charge in [-0.25, -0.2) is 8.42 Å². The topological polar surface area (TPSA) is 119 Å². The van der Waals surface area contributed by atoms with Gasteiger partial charge in [0.1, 0.15) is 18.6 Å². The van der Waals surface area contributed by atoms with Gasteiger partial charge in [-0.3, -0.25) is 14.4 Å². The van der Waals surface area contributed by atoms with Crippen LogP contribution in [-0.2, 0) is 24.4 Å². The van der Waals surface area contributed by atoms with E-state index in [1.165, 1.54) is 29.9 Å². The molecule has 0 unspecified atom stereocenters. The number of halogens is 1. The van der Waals surface area contributed by atoms with Crippen molar-refractivity contribution in [3.8, 4) is 0 Å². The van der Waals surface area contributed by atoms with Gasteiger partial charge in [0.25, 0.3) is 0 Å². The van der Waals surface area contributed by atoms with Crippen LogP contribution in [-0.4, -0.2) is 108 Å². The molecule has 5 rings (SSSR count). The van der Waals surface area contributed by atoms with E-state index in [1.807, 2.05) is 4.90 Å². The molecule has 216 valence electrons. The second-order valence-electron chi connectivity index (χ2n) is 10.9. The predicted molar refractivity (Wildman–Crippen MR) is 150 cm³/mol. The van der Waals surface area contributed by atoms with Gasteiger partial charge in [-0.15, -0.1) is 0 Å². The molecule has 3 heterocycles. The maximum absolute atomic E-state index is 13.7. The highest BCUT2D eigenvalue weighted by atomic mass is 35.5. The molecule has 0 radical (unpaired) electrons. The molecule has 12 heteroatoms. The quantitative estimate of drug-likeness (QED) is 0.477. The monoisotopic (exact) mass is 590 g/mol. The Morgan fingerprint density at radius 1 is 1.02 bits per heavy atom. The van der Waals surface area contributed by atoms with Crippen molar-refractivity contribution in [3.63, 3.8) is 0 Å². The van der Waals surface area contributed by atoms with Crippen molar-refractivity contribution in [1.29, 1.82) is 0 Å². The number of hydrogen-bond donors (Lipinski definition) is 1. The van der Waals surface area contributed by atoms with Gasteiger partial charge < -0.3 is 19.8 Å². The normalized spacial score (nSPS) is 23.0. The van der Waals surface area contributed by atoms with E-state index in [-0.39, 0.29) is 29.8 Å². The molecule has 0 aromatic heterocycles. The largest absolute Gasteiger partial charge is 0.480 e. The van der Waals surface area contributed by atoms with Crippen molar-refractivity contribution >= 4 is 50.2 Å². The zero-order valence-electron chi connectivity index (χ0n) is 22.5. The first-order valence-electron chi connectivity index (χ1n) is 13.8. The highest BCUT2D eigenvalue weighted by Gasteiger charge is 2.46. The molecule has 1 N–H and O–H groups in total. The van der Waals surface area contributed by atoms with Gasteiger partial charge in [0, 0.05) is 30.7 Å². The minimum absolute atomic E-state index is 0.101. The number of nitrogens with zero attached hydrogens (tertiary/aromatic N) is 4. The number of benzene rings is 2. The summed E-state index contributed by atoms with van der Waals surface area (Å²) in [6.07, 6.45) is 4.28. The SMILES string of the molecule is C[C@@H](C(=O)N1CCC[C@H]1CN1CCCC1)N1CC[C@H](N(CC(=O)O)S(=O)(=O)c2ccc3cc(Cl)ccc3c2)C1=O. The zero-order chi connectivity index (χ0) is 28.6. The first-order valence-corrected chi connectivity index (χ1v) is 15.6. The molecule has 10 nitrogen and oxygen atoms in total. The van der Waals surface area contributed by atoms with E-state index in [4.69, 9.17) is 11.6 Å². The highest BCUT2D eigenvalue weighted by molar-refractivity contribution is 7.89. The smallest absolute Gasteiger partial charge is 0.318 e. The van der Waals surface area contributed by atoms with Gasteiger partial charge in [0.2, 0.25) is 21.8 Å². The van der Waals surface area contributed by atoms with Crippen molar-refractivity contribution in [1.82, 2.24) is 19.0 Å². The van der Waals surface area contributed by atoms with Gasteiger partial charge >= 0.3 is 5.97 Å². The van der Waals surface area contributed by atoms with Crippen LogP contribution in [0.1, 0.15) is 39.0 Å². The Bertz CT molecular complexity index is 1410. The molecule has 3 saturated heterocycles. The van der Waals surface area contributed by atoms with Crippen LogP contribution in [0.5, 0.6) is 0 Å². The third-order valence-corrected chi connectivity index (χ3v) is 10.5. The summed E-state index contributed by atoms with van der Waals surface area (Å²) in [7, 11) is -4.35. The first-order chi connectivity index (χ1) is 19.1. The second kappa shape index (κ2) is 11.6. The first kappa shape index (κ1) is 28.8. The number of rotatable bonds is 9. The lowest BCUT2D eigenvalue weighted by atomic mass is 10.1. The summed E-state index contributed by atoms with van der Waals surface area (Å²) in [5.74, 6) is -2.06. The Kier molecular flexibility index (Phi) is 8.37. The van der Waals surface area contributed by atoms with Crippen molar-refractivity contribution in [2.45, 2.75) is 62.0 Å². The summed E-state index contributed by atoms with van der Waals surface area (Å²) in [5.41, 5.74) is 0. The molecule has 0 aliphatic carbocycles. The van der Waals surface area contributed by atoms with Crippen molar-refractivity contribution in [2.75, 3.05) is 39.3 Å². The van der Waals surface area contributed by atoms with Crippen LogP contribution in [0, 0.1) is 0 Å². The van der Waals surface area contributed by atoms with Gasteiger partial charge in [-0.05, 0) is 87.2 Å². The number of hydrogen-bond acceptors (Lipinski definition) is 6. The minimum Gasteiger partial charge on any atom is -0.480 e. The number of sulfonamides is 1. The van der Waals surface area contributed by atoms with Crippen LogP contribution in [0.3, 0.4) is 0 Å². The number of carbonyl (C=O) groups excluding carboxylic acids is 2. The van der Waals surface area contributed by atoms with E-state index < -0.39 is 40.5 Å². The average Bonchev–Trinajstić information content (AvgIpc) is 3.68. The van der Waals surface area contributed by atoms with Crippen LogP contribution < -0.4 is 0 Å². The number of carbonyl (C=O) groups is 3. The molecule has 3 atom stereocenters. The van der Waals surface area contributed by atoms with Gasteiger partial charge in [-0.2, -0.15) is 4.31 Å². The number of aliphatic carboxylic acids is 1. The number of carboxylic acid groups (broad SMARTS) is 1. The van der Waals surface area contributed by atoms with Crippen LogP contribution in [0.2, 0.25) is 5.02 Å². The molecule has 2 amide bonds. The minimum atomic E-state index is -4.35. The fraction of sp³-hybridized carbons (Fsp3) is 0.536. The molecule has 0 saturated carbocycles. The summed E-state index contributed by atoms with van der Waals surface area (Å²) >= 11 is 6.04. The summed E-state index contributed by atoms with van der Waals surface area (Å²) in [5, 5.41) is 11.4. The third kappa shape index (κ3) is 5.70. The van der Waals surface area contributed by atoms with Crippen LogP contribution in [0.4, 0.5) is 0 Å². The van der Waals surface area contributed by atoms with Crippen molar-refractivity contribution < 1.29 is 27.9 Å². The molecule has 3 aliphatic heterocycles. The molecule has 3 fully saturated rings. The Hall–Kier alpha value is -2.73. The zero-order valence-corrected chi connectivity index (χ0v) is 24.1. The van der Waals surface area contributed by atoms with E-state index in [9.17, 15) is 27.9 Å². The maximum Gasteiger partial charge on any atom is 0.318 e. The lowest BCUT2D eigenvalue weighted by Gasteiger charge is -2.33. The van der Waals surface area contributed by atoms with Gasteiger partial charge in [0.15, 0.2) is 0 Å². The number of amides is 2. The summed E-state index contributed by atoms with van der Waals surface area (Å²) in [6, 6.07) is 7.60. The Balaban J connectivity index is 1.34. The highest BCUT2D eigenvalue weighted by Crippen LogP contribution is 2.30. The number of carboxylic acids is 1. The maximum atomic E-state index is 13.7. The van der Waals surface area contributed by atoms with Crippen LogP contribution >= 0.6 is 11.6 Å². The molecule has 0 spiro atoms. The molecule has 2 aromatic carbocycles. The second-order valence-corrected chi connectivity index (χ2v) is 13.3. The average molecular weight is 591 g/mol. The molecule has 40 heavy (non-hydrogen) atoms. The van der Waals surface area contributed by atoms with E-state index >= 15 is 0 Å². The van der Waals surface area contributed by atoms with Crippen LogP contribution in [0.25, 0.3) is 10.8 Å². The fourth-order valence-corrected chi connectivity index (χ4v) is 8.06. The Morgan fingerprint density at radius 3 is 2.45 bits per heavy atom.